The first kappa shape index (κ1) is 35.4. The largest absolute Gasteiger partial charge is 0.331 e. The summed E-state index contributed by atoms with van der Waals surface area (Å²) in [5.74, 6) is 2.01. The maximum atomic E-state index is 4.83. The topological polar surface area (TPSA) is 35.6 Å². The van der Waals surface area contributed by atoms with Crippen LogP contribution >= 0.6 is 0 Å². The molecule has 0 spiro atoms. The zero-order valence-electron chi connectivity index (χ0n) is 34.6. The van der Waals surface area contributed by atoms with E-state index in [2.05, 4.69) is 219 Å². The molecule has 0 saturated heterocycles. The van der Waals surface area contributed by atoms with Crippen LogP contribution in [0.25, 0.3) is 88.1 Å². The van der Waals surface area contributed by atoms with Crippen LogP contribution in [0, 0.1) is 13.8 Å². The number of benzene rings is 9. The number of fused-ring (bicyclic) bond motifs is 7. The third-order valence-electron chi connectivity index (χ3n) is 13.6. The fourth-order valence-electron chi connectivity index (χ4n) is 10.5. The molecule has 12 rings (SSSR count). The maximum absolute atomic E-state index is 4.83. The van der Waals surface area contributed by atoms with Gasteiger partial charge in [-0.05, 0) is 139 Å². The summed E-state index contributed by atoms with van der Waals surface area (Å²) >= 11 is 0. The summed E-state index contributed by atoms with van der Waals surface area (Å²) in [6, 6.07) is 67.9. The van der Waals surface area contributed by atoms with E-state index in [1.165, 1.54) is 88.3 Å². The molecule has 1 aliphatic rings. The quantitative estimate of drug-likeness (QED) is 0.163. The van der Waals surface area contributed by atoms with Gasteiger partial charge in [0.25, 0.3) is 0 Å². The second-order valence-electron chi connectivity index (χ2n) is 16.7. The third-order valence-corrected chi connectivity index (χ3v) is 13.6. The van der Waals surface area contributed by atoms with Gasteiger partial charge in [-0.15, -0.1) is 0 Å². The van der Waals surface area contributed by atoms with Crippen LogP contribution in [-0.4, -0.2) is 19.1 Å². The van der Waals surface area contributed by atoms with Crippen molar-refractivity contribution in [3.05, 3.63) is 216 Å². The lowest BCUT2D eigenvalue weighted by Crippen LogP contribution is -2.28. The molecule has 0 radical (unpaired) electrons. The Labute approximate surface area is 355 Å². The van der Waals surface area contributed by atoms with Gasteiger partial charge >= 0.3 is 0 Å². The summed E-state index contributed by atoms with van der Waals surface area (Å²) in [4.78, 5) is 9.66. The first-order valence-electron chi connectivity index (χ1n) is 21.1. The Balaban J connectivity index is 1.17. The number of aryl methyl sites for hydroxylation is 4. The minimum atomic E-state index is -0.459. The standard InChI is InChI=1S/C57H42N4/c1-35-58-52-29-26-37(32-54(52)60(35)3)42-20-13-22-45-47(42)34-48-43(38-27-30-53-55(33-38)61(4)36(2)59-53)21-14-23-46(48)56(45)39-25-28-51-49(31-39)44-19-11-12-24-50(44)57(51,40-15-7-5-8-16-40)41-17-9-6-10-18-41/h5-34H,1-4H3. The van der Waals surface area contributed by atoms with Gasteiger partial charge < -0.3 is 9.13 Å². The van der Waals surface area contributed by atoms with Crippen molar-refractivity contribution in [1.82, 2.24) is 19.1 Å². The molecule has 0 bridgehead atoms. The van der Waals surface area contributed by atoms with E-state index < -0.39 is 5.41 Å². The monoisotopic (exact) mass is 782 g/mol. The molecule has 2 aromatic heterocycles. The molecule has 1 aliphatic carbocycles. The Kier molecular flexibility index (Phi) is 7.67. The highest BCUT2D eigenvalue weighted by molar-refractivity contribution is 6.19. The summed E-state index contributed by atoms with van der Waals surface area (Å²) < 4.78 is 4.37. The summed E-state index contributed by atoms with van der Waals surface area (Å²) in [7, 11) is 4.21. The highest BCUT2D eigenvalue weighted by Gasteiger charge is 2.46. The number of hydrogen-bond donors (Lipinski definition) is 0. The second kappa shape index (κ2) is 13.2. The normalized spacial score (nSPS) is 13.0. The smallest absolute Gasteiger partial charge is 0.106 e. The molecule has 0 unspecified atom stereocenters. The van der Waals surface area contributed by atoms with Crippen molar-refractivity contribution in [2.75, 3.05) is 0 Å². The first-order valence-corrected chi connectivity index (χ1v) is 21.1. The van der Waals surface area contributed by atoms with Crippen molar-refractivity contribution in [3.8, 4) is 44.5 Å². The number of aromatic nitrogens is 4. The molecule has 61 heavy (non-hydrogen) atoms. The summed E-state index contributed by atoms with van der Waals surface area (Å²) in [6.07, 6.45) is 0. The molecule has 0 aliphatic heterocycles. The van der Waals surface area contributed by atoms with Gasteiger partial charge in [0.2, 0.25) is 0 Å². The zero-order chi connectivity index (χ0) is 41.0. The highest BCUT2D eigenvalue weighted by Crippen LogP contribution is 2.57. The van der Waals surface area contributed by atoms with Gasteiger partial charge in [-0.3, -0.25) is 0 Å². The van der Waals surface area contributed by atoms with E-state index in [1.54, 1.807) is 0 Å². The van der Waals surface area contributed by atoms with Gasteiger partial charge in [0, 0.05) is 14.1 Å². The predicted octanol–water partition coefficient (Wildman–Crippen LogP) is 13.7. The van der Waals surface area contributed by atoms with Crippen molar-refractivity contribution >= 4 is 43.6 Å². The minimum Gasteiger partial charge on any atom is -0.331 e. The Bertz CT molecular complexity index is 3390. The average molecular weight is 783 g/mol. The summed E-state index contributed by atoms with van der Waals surface area (Å²) in [6.45, 7) is 4.14. The Morgan fingerprint density at radius 3 is 1.41 bits per heavy atom. The van der Waals surface area contributed by atoms with Gasteiger partial charge in [0.05, 0.1) is 27.5 Å². The molecule has 0 amide bonds. The van der Waals surface area contributed by atoms with E-state index in [0.29, 0.717) is 0 Å². The van der Waals surface area contributed by atoms with Crippen molar-refractivity contribution in [2.24, 2.45) is 14.1 Å². The fourth-order valence-corrected chi connectivity index (χ4v) is 10.5. The van der Waals surface area contributed by atoms with Crippen molar-refractivity contribution < 1.29 is 0 Å². The minimum absolute atomic E-state index is 0.459. The second-order valence-corrected chi connectivity index (χ2v) is 16.7. The Hall–Kier alpha value is -7.56. The van der Waals surface area contributed by atoms with Crippen LogP contribution in [0.5, 0.6) is 0 Å². The van der Waals surface area contributed by atoms with E-state index in [4.69, 9.17) is 9.97 Å². The average Bonchev–Trinajstić information content (AvgIpc) is 3.89. The maximum Gasteiger partial charge on any atom is 0.106 e. The van der Waals surface area contributed by atoms with Crippen molar-refractivity contribution in [2.45, 2.75) is 19.3 Å². The van der Waals surface area contributed by atoms with Crippen molar-refractivity contribution in [3.63, 3.8) is 0 Å². The number of hydrogen-bond acceptors (Lipinski definition) is 2. The van der Waals surface area contributed by atoms with Crippen LogP contribution in [0.4, 0.5) is 0 Å². The van der Waals surface area contributed by atoms with Gasteiger partial charge in [0.1, 0.15) is 11.6 Å². The van der Waals surface area contributed by atoms with Crippen LogP contribution < -0.4 is 0 Å². The third kappa shape index (κ3) is 5.06. The van der Waals surface area contributed by atoms with Gasteiger partial charge in [0.15, 0.2) is 0 Å². The molecule has 11 aromatic rings. The Morgan fingerprint density at radius 1 is 0.377 bits per heavy atom. The zero-order valence-corrected chi connectivity index (χ0v) is 34.6. The summed E-state index contributed by atoms with van der Waals surface area (Å²) in [5, 5.41) is 4.89. The molecule has 0 N–H and O–H groups in total. The number of rotatable bonds is 5. The molecule has 0 atom stereocenters. The lowest BCUT2D eigenvalue weighted by Gasteiger charge is -2.33. The summed E-state index contributed by atoms with van der Waals surface area (Å²) in [5.41, 5.74) is 18.7. The van der Waals surface area contributed by atoms with Gasteiger partial charge in [-0.25, -0.2) is 9.97 Å². The fraction of sp³-hybridized carbons (Fsp3) is 0.0877. The van der Waals surface area contributed by atoms with E-state index >= 15 is 0 Å². The van der Waals surface area contributed by atoms with Crippen LogP contribution in [0.1, 0.15) is 33.9 Å². The molecule has 4 nitrogen and oxygen atoms in total. The van der Waals surface area contributed by atoms with Gasteiger partial charge in [-0.2, -0.15) is 0 Å². The molecular weight excluding hydrogens is 741 g/mol. The molecular formula is C57H42N4. The molecule has 0 saturated carbocycles. The predicted molar refractivity (Wildman–Crippen MR) is 253 cm³/mol. The number of imidazole rings is 2. The van der Waals surface area contributed by atoms with E-state index in [-0.39, 0.29) is 0 Å². The lowest BCUT2D eigenvalue weighted by molar-refractivity contribution is 0.768. The van der Waals surface area contributed by atoms with Crippen LogP contribution in [0.2, 0.25) is 0 Å². The molecule has 290 valence electrons. The molecule has 0 fully saturated rings. The van der Waals surface area contributed by atoms with E-state index in [1.807, 2.05) is 0 Å². The van der Waals surface area contributed by atoms with Crippen LogP contribution in [0.15, 0.2) is 182 Å². The van der Waals surface area contributed by atoms with Crippen LogP contribution in [0.3, 0.4) is 0 Å². The Morgan fingerprint density at radius 2 is 0.852 bits per heavy atom. The van der Waals surface area contributed by atoms with E-state index in [9.17, 15) is 0 Å². The highest BCUT2D eigenvalue weighted by atomic mass is 15.1. The lowest BCUT2D eigenvalue weighted by atomic mass is 9.67. The first-order chi connectivity index (χ1) is 29.9. The SMILES string of the molecule is Cc1nc2ccc(-c3cccc4c(-c5ccc6c(c5)-c5ccccc5C6(c5ccccc5)c5ccccc5)c5cccc(-c6ccc7nc(C)n(C)c7c6)c5cc34)cc2n1C. The molecule has 4 heteroatoms. The van der Waals surface area contributed by atoms with E-state index in [0.717, 1.165) is 33.7 Å². The molecule has 9 aromatic carbocycles. The van der Waals surface area contributed by atoms with Crippen molar-refractivity contribution in [1.29, 1.82) is 0 Å². The number of nitrogens with zero attached hydrogens (tertiary/aromatic N) is 4. The van der Waals surface area contributed by atoms with Gasteiger partial charge in [-0.1, -0.05) is 146 Å². The molecule has 2 heterocycles. The van der Waals surface area contributed by atoms with Crippen LogP contribution in [-0.2, 0) is 19.5 Å².